The highest BCUT2D eigenvalue weighted by Gasteiger charge is 2.16. The van der Waals surface area contributed by atoms with Gasteiger partial charge in [0.25, 0.3) is 0 Å². The Morgan fingerprint density at radius 1 is 0.957 bits per heavy atom. The van der Waals surface area contributed by atoms with Crippen LogP contribution in [0, 0.1) is 0 Å². The van der Waals surface area contributed by atoms with Crippen molar-refractivity contribution in [3.05, 3.63) is 53.6 Å². The summed E-state index contributed by atoms with van der Waals surface area (Å²) in [6.45, 7) is 4.01. The van der Waals surface area contributed by atoms with Crippen LogP contribution in [0.5, 0.6) is 0 Å². The zero-order chi connectivity index (χ0) is 16.7. The molecule has 0 fully saturated rings. The Kier molecular flexibility index (Phi) is 5.92. The van der Waals surface area contributed by atoms with Gasteiger partial charge in [-0.1, -0.05) is 36.4 Å². The molecule has 0 bridgehead atoms. The van der Waals surface area contributed by atoms with Gasteiger partial charge >= 0.3 is 11.9 Å². The highest BCUT2D eigenvalue weighted by molar-refractivity contribution is 5.99. The van der Waals surface area contributed by atoms with Gasteiger partial charge in [-0.15, -0.1) is 0 Å². The van der Waals surface area contributed by atoms with Crippen molar-refractivity contribution in [1.82, 2.24) is 0 Å². The molecule has 0 saturated heterocycles. The number of fused-ring (bicyclic) bond motifs is 1. The van der Waals surface area contributed by atoms with E-state index in [-0.39, 0.29) is 19.6 Å². The van der Waals surface area contributed by atoms with Crippen molar-refractivity contribution in [2.24, 2.45) is 0 Å². The van der Waals surface area contributed by atoms with Gasteiger partial charge in [0.15, 0.2) is 0 Å². The van der Waals surface area contributed by atoms with Gasteiger partial charge in [-0.3, -0.25) is 4.79 Å². The van der Waals surface area contributed by atoms with Crippen LogP contribution >= 0.6 is 0 Å². The van der Waals surface area contributed by atoms with E-state index in [1.54, 1.807) is 19.9 Å². The first-order valence-corrected chi connectivity index (χ1v) is 7.66. The number of carbonyl (C=O) groups excluding carboxylic acids is 2. The smallest absolute Gasteiger partial charge is 0.334 e. The molecule has 0 atom stereocenters. The van der Waals surface area contributed by atoms with Gasteiger partial charge in [0.1, 0.15) is 0 Å². The number of rotatable bonds is 6. The molecule has 0 aliphatic heterocycles. The topological polar surface area (TPSA) is 52.6 Å². The van der Waals surface area contributed by atoms with Crippen LogP contribution in [0.15, 0.2) is 48.0 Å². The minimum absolute atomic E-state index is 0.0977. The van der Waals surface area contributed by atoms with Crippen LogP contribution in [-0.2, 0) is 19.1 Å². The first-order valence-electron chi connectivity index (χ1n) is 7.66. The molecule has 0 heterocycles. The maximum absolute atomic E-state index is 12.1. The molecule has 0 amide bonds. The third kappa shape index (κ3) is 4.68. The summed E-state index contributed by atoms with van der Waals surface area (Å²) in [6, 6.07) is 13.8. The van der Waals surface area contributed by atoms with Crippen LogP contribution in [0.2, 0.25) is 0 Å². The van der Waals surface area contributed by atoms with E-state index >= 15 is 0 Å². The molecule has 4 nitrogen and oxygen atoms in total. The lowest BCUT2D eigenvalue weighted by molar-refractivity contribution is -0.145. The number of carbonyl (C=O) groups is 2. The third-order valence-electron chi connectivity index (χ3n) is 3.29. The molecule has 0 radical (unpaired) electrons. The summed E-state index contributed by atoms with van der Waals surface area (Å²) in [5, 5.41) is 2.19. The summed E-state index contributed by atoms with van der Waals surface area (Å²) in [6.07, 6.45) is 1.58. The molecule has 0 aromatic heterocycles. The van der Waals surface area contributed by atoms with Crippen molar-refractivity contribution >= 4 is 28.8 Å². The predicted molar refractivity (Wildman–Crippen MR) is 89.8 cm³/mol. The van der Waals surface area contributed by atoms with Crippen molar-refractivity contribution in [3.8, 4) is 0 Å². The van der Waals surface area contributed by atoms with Crippen molar-refractivity contribution in [2.45, 2.75) is 20.3 Å². The van der Waals surface area contributed by atoms with E-state index in [1.807, 2.05) is 42.5 Å². The van der Waals surface area contributed by atoms with Crippen LogP contribution in [0.1, 0.15) is 25.8 Å². The van der Waals surface area contributed by atoms with Crippen molar-refractivity contribution in [3.63, 3.8) is 0 Å². The standard InChI is InChI=1S/C19H20O4/c1-3-22-18(20)13-17(19(21)23-4-2)12-14-9-10-15-7-5-6-8-16(15)11-14/h5-12H,3-4,13H2,1-2H3. The Morgan fingerprint density at radius 2 is 1.65 bits per heavy atom. The normalized spacial score (nSPS) is 11.3. The van der Waals surface area contributed by atoms with Crippen LogP contribution in [0.4, 0.5) is 0 Å². The fraction of sp³-hybridized carbons (Fsp3) is 0.263. The van der Waals surface area contributed by atoms with Gasteiger partial charge < -0.3 is 9.47 Å². The average Bonchev–Trinajstić information content (AvgIpc) is 2.54. The van der Waals surface area contributed by atoms with Gasteiger partial charge in [-0.2, -0.15) is 0 Å². The maximum Gasteiger partial charge on any atom is 0.334 e. The fourth-order valence-electron chi connectivity index (χ4n) is 2.27. The van der Waals surface area contributed by atoms with Crippen molar-refractivity contribution in [2.75, 3.05) is 13.2 Å². The molecular formula is C19H20O4. The molecule has 23 heavy (non-hydrogen) atoms. The quantitative estimate of drug-likeness (QED) is 0.602. The third-order valence-corrected chi connectivity index (χ3v) is 3.29. The Balaban J connectivity index is 2.32. The van der Waals surface area contributed by atoms with Gasteiger partial charge in [0.2, 0.25) is 0 Å². The minimum atomic E-state index is -0.492. The molecule has 0 spiro atoms. The second kappa shape index (κ2) is 8.13. The van der Waals surface area contributed by atoms with E-state index in [4.69, 9.17) is 9.47 Å². The molecule has 0 saturated carbocycles. The first kappa shape index (κ1) is 16.7. The van der Waals surface area contributed by atoms with E-state index < -0.39 is 11.9 Å². The summed E-state index contributed by atoms with van der Waals surface area (Å²) in [5.74, 6) is -0.929. The molecule has 4 heteroatoms. The molecule has 0 aliphatic rings. The predicted octanol–water partition coefficient (Wildman–Crippen LogP) is 3.74. The number of hydrogen-bond acceptors (Lipinski definition) is 4. The number of benzene rings is 2. The second-order valence-electron chi connectivity index (χ2n) is 4.98. The number of esters is 2. The number of hydrogen-bond donors (Lipinski definition) is 0. The second-order valence-corrected chi connectivity index (χ2v) is 4.98. The molecule has 2 rings (SSSR count). The maximum atomic E-state index is 12.1. The van der Waals surface area contributed by atoms with Crippen molar-refractivity contribution < 1.29 is 19.1 Å². The Labute approximate surface area is 135 Å². The lowest BCUT2D eigenvalue weighted by Gasteiger charge is -2.07. The average molecular weight is 312 g/mol. The lowest BCUT2D eigenvalue weighted by Crippen LogP contribution is -2.13. The summed E-state index contributed by atoms with van der Waals surface area (Å²) in [4.78, 5) is 23.7. The van der Waals surface area contributed by atoms with E-state index in [2.05, 4.69) is 0 Å². The van der Waals surface area contributed by atoms with E-state index in [1.165, 1.54) is 0 Å². The van der Waals surface area contributed by atoms with Gasteiger partial charge in [0.05, 0.1) is 19.6 Å². The van der Waals surface area contributed by atoms with Crippen LogP contribution in [-0.4, -0.2) is 25.2 Å². The highest BCUT2D eigenvalue weighted by Crippen LogP contribution is 2.19. The van der Waals surface area contributed by atoms with E-state index in [9.17, 15) is 9.59 Å². The van der Waals surface area contributed by atoms with Gasteiger partial charge in [-0.05, 0) is 42.3 Å². The Bertz CT molecular complexity index is 731. The zero-order valence-corrected chi connectivity index (χ0v) is 13.4. The molecule has 120 valence electrons. The molecule has 0 unspecified atom stereocenters. The Hall–Kier alpha value is -2.62. The monoisotopic (exact) mass is 312 g/mol. The molecule has 0 aliphatic carbocycles. The molecule has 2 aromatic rings. The van der Waals surface area contributed by atoms with Gasteiger partial charge in [0, 0.05) is 5.57 Å². The van der Waals surface area contributed by atoms with E-state index in [0.717, 1.165) is 16.3 Å². The largest absolute Gasteiger partial charge is 0.466 e. The van der Waals surface area contributed by atoms with Crippen molar-refractivity contribution in [1.29, 1.82) is 0 Å². The minimum Gasteiger partial charge on any atom is -0.466 e. The molecule has 2 aromatic carbocycles. The SMILES string of the molecule is CCOC(=O)CC(=Cc1ccc2ccccc2c1)C(=O)OCC. The molecular weight excluding hydrogens is 292 g/mol. The summed E-state index contributed by atoms with van der Waals surface area (Å²) in [5.41, 5.74) is 1.14. The van der Waals surface area contributed by atoms with Crippen LogP contribution < -0.4 is 0 Å². The highest BCUT2D eigenvalue weighted by atomic mass is 16.5. The lowest BCUT2D eigenvalue weighted by atomic mass is 10.0. The van der Waals surface area contributed by atoms with Gasteiger partial charge in [-0.25, -0.2) is 4.79 Å². The summed E-state index contributed by atoms with van der Waals surface area (Å²) < 4.78 is 9.95. The number of ether oxygens (including phenoxy) is 2. The molecule has 0 N–H and O–H groups in total. The fourth-order valence-corrected chi connectivity index (χ4v) is 2.27. The summed E-state index contributed by atoms with van der Waals surface area (Å²) >= 11 is 0. The Morgan fingerprint density at radius 3 is 2.35 bits per heavy atom. The van der Waals surface area contributed by atoms with Crippen LogP contribution in [0.25, 0.3) is 16.8 Å². The summed E-state index contributed by atoms with van der Waals surface area (Å²) in [7, 11) is 0. The van der Waals surface area contributed by atoms with Crippen LogP contribution in [0.3, 0.4) is 0 Å². The first-order chi connectivity index (χ1) is 11.1. The zero-order valence-electron chi connectivity index (χ0n) is 13.4. The van der Waals surface area contributed by atoms with E-state index in [0.29, 0.717) is 5.57 Å².